The van der Waals surface area contributed by atoms with Crippen molar-refractivity contribution in [2.24, 2.45) is 0 Å². The van der Waals surface area contributed by atoms with E-state index in [0.717, 1.165) is 0 Å². The maximum absolute atomic E-state index is 11.1. The molecule has 0 saturated carbocycles. The van der Waals surface area contributed by atoms with Crippen molar-refractivity contribution < 1.29 is 24.5 Å². The molecule has 5 heteroatoms. The lowest BCUT2D eigenvalue weighted by Gasteiger charge is -2.31. The Morgan fingerprint density at radius 2 is 1.27 bits per heavy atom. The fourth-order valence-corrected chi connectivity index (χ4v) is 2.30. The maximum atomic E-state index is 11.1. The van der Waals surface area contributed by atoms with Gasteiger partial charge in [-0.3, -0.25) is 0 Å². The van der Waals surface area contributed by atoms with Crippen LogP contribution in [0.4, 0.5) is 0 Å². The maximum Gasteiger partial charge on any atom is 0.152 e. The van der Waals surface area contributed by atoms with Crippen LogP contribution in [0, 0.1) is 0 Å². The number of aliphatic hydroxyl groups excluding tert-OH is 1. The van der Waals surface area contributed by atoms with Crippen LogP contribution in [0.1, 0.15) is 11.1 Å². The van der Waals surface area contributed by atoms with Crippen molar-refractivity contribution in [2.75, 3.05) is 14.2 Å². The SMILES string of the molecule is COc1ccc(C(O)(c2ccc(OC)cc2)C(O)C=O)cc1. The summed E-state index contributed by atoms with van der Waals surface area (Å²) in [5.41, 5.74) is -1.07. The number of hydrogen-bond donors (Lipinski definition) is 2. The summed E-state index contributed by atoms with van der Waals surface area (Å²) in [6, 6.07) is 13.0. The molecule has 0 heterocycles. The third-order valence-electron chi connectivity index (χ3n) is 3.62. The Balaban J connectivity index is 2.52. The number of methoxy groups -OCH3 is 2. The first kappa shape index (κ1) is 16.0. The van der Waals surface area contributed by atoms with Crippen molar-refractivity contribution >= 4 is 6.29 Å². The largest absolute Gasteiger partial charge is 0.497 e. The summed E-state index contributed by atoms with van der Waals surface area (Å²) < 4.78 is 10.1. The molecule has 116 valence electrons. The van der Waals surface area contributed by atoms with Gasteiger partial charge >= 0.3 is 0 Å². The topological polar surface area (TPSA) is 76.0 Å². The minimum absolute atomic E-state index is 0.314. The molecule has 0 aliphatic carbocycles. The second-order valence-electron chi connectivity index (χ2n) is 4.80. The van der Waals surface area contributed by atoms with E-state index in [1.54, 1.807) is 48.5 Å². The number of benzene rings is 2. The molecule has 0 aromatic heterocycles. The first-order chi connectivity index (χ1) is 10.6. The highest BCUT2D eigenvalue weighted by atomic mass is 16.5. The van der Waals surface area contributed by atoms with E-state index in [0.29, 0.717) is 28.9 Å². The van der Waals surface area contributed by atoms with Crippen LogP contribution in [-0.2, 0) is 10.4 Å². The third-order valence-corrected chi connectivity index (χ3v) is 3.62. The molecule has 0 aliphatic heterocycles. The van der Waals surface area contributed by atoms with Gasteiger partial charge in [0, 0.05) is 0 Å². The monoisotopic (exact) mass is 302 g/mol. The second kappa shape index (κ2) is 6.60. The van der Waals surface area contributed by atoms with Crippen LogP contribution >= 0.6 is 0 Å². The fraction of sp³-hybridized carbons (Fsp3) is 0.235. The third kappa shape index (κ3) is 2.81. The number of hydrogen-bond acceptors (Lipinski definition) is 5. The van der Waals surface area contributed by atoms with Gasteiger partial charge in [-0.1, -0.05) is 24.3 Å². The van der Waals surface area contributed by atoms with E-state index < -0.39 is 11.7 Å². The van der Waals surface area contributed by atoms with Gasteiger partial charge in [0.1, 0.15) is 23.2 Å². The van der Waals surface area contributed by atoms with E-state index in [4.69, 9.17) is 9.47 Å². The highest BCUT2D eigenvalue weighted by molar-refractivity contribution is 5.62. The van der Waals surface area contributed by atoms with E-state index in [-0.39, 0.29) is 0 Å². The van der Waals surface area contributed by atoms with Crippen LogP contribution in [0.15, 0.2) is 48.5 Å². The van der Waals surface area contributed by atoms with Gasteiger partial charge in [0.05, 0.1) is 14.2 Å². The number of ether oxygens (including phenoxy) is 2. The Morgan fingerprint density at radius 1 is 0.909 bits per heavy atom. The van der Waals surface area contributed by atoms with Gasteiger partial charge in [-0.05, 0) is 35.4 Å². The summed E-state index contributed by atoms with van der Waals surface area (Å²) in [6.07, 6.45) is -1.29. The first-order valence-corrected chi connectivity index (χ1v) is 6.71. The van der Waals surface area contributed by atoms with E-state index in [1.165, 1.54) is 14.2 Å². The highest BCUT2D eigenvalue weighted by Gasteiger charge is 2.39. The predicted octanol–water partition coefficient (Wildman–Crippen LogP) is 1.50. The predicted molar refractivity (Wildman–Crippen MR) is 81.1 cm³/mol. The van der Waals surface area contributed by atoms with Crippen LogP contribution in [0.25, 0.3) is 0 Å². The number of aliphatic hydroxyl groups is 2. The first-order valence-electron chi connectivity index (χ1n) is 6.71. The Bertz CT molecular complexity index is 571. The second-order valence-corrected chi connectivity index (χ2v) is 4.80. The molecule has 5 nitrogen and oxygen atoms in total. The molecule has 0 bridgehead atoms. The van der Waals surface area contributed by atoms with Crippen LogP contribution in [-0.4, -0.2) is 36.8 Å². The van der Waals surface area contributed by atoms with Crippen molar-refractivity contribution in [3.63, 3.8) is 0 Å². The summed E-state index contributed by atoms with van der Waals surface area (Å²) in [5, 5.41) is 21.0. The molecule has 2 aromatic carbocycles. The summed E-state index contributed by atoms with van der Waals surface area (Å²) in [4.78, 5) is 11.1. The molecule has 1 atom stereocenters. The minimum Gasteiger partial charge on any atom is -0.497 e. The Kier molecular flexibility index (Phi) is 4.80. The van der Waals surface area contributed by atoms with Crippen molar-refractivity contribution in [1.82, 2.24) is 0 Å². The molecule has 0 saturated heterocycles. The molecular weight excluding hydrogens is 284 g/mol. The van der Waals surface area contributed by atoms with Crippen molar-refractivity contribution in [3.05, 3.63) is 59.7 Å². The van der Waals surface area contributed by atoms with Gasteiger partial charge in [-0.2, -0.15) is 0 Å². The van der Waals surface area contributed by atoms with E-state index in [1.807, 2.05) is 0 Å². The molecule has 2 rings (SSSR count). The van der Waals surface area contributed by atoms with E-state index >= 15 is 0 Å². The van der Waals surface area contributed by atoms with Gasteiger partial charge < -0.3 is 24.5 Å². The molecule has 22 heavy (non-hydrogen) atoms. The molecular formula is C17H18O5. The Hall–Kier alpha value is -2.37. The number of carbonyl (C=O) groups is 1. The Morgan fingerprint density at radius 3 is 1.55 bits per heavy atom. The summed E-state index contributed by atoms with van der Waals surface area (Å²) in [5.74, 6) is 1.22. The standard InChI is InChI=1S/C17H18O5/c1-21-14-7-3-12(4-8-14)17(20,16(19)11-18)13-5-9-15(22-2)10-6-13/h3-11,16,19-20H,1-2H3. The smallest absolute Gasteiger partial charge is 0.152 e. The van der Waals surface area contributed by atoms with Crippen LogP contribution in [0.2, 0.25) is 0 Å². The van der Waals surface area contributed by atoms with Gasteiger partial charge in [0.25, 0.3) is 0 Å². The zero-order chi connectivity index (χ0) is 16.2. The normalized spacial score (nSPS) is 12.5. The summed E-state index contributed by atoms with van der Waals surface area (Å²) in [6.45, 7) is 0. The summed E-state index contributed by atoms with van der Waals surface area (Å²) in [7, 11) is 3.07. The fourth-order valence-electron chi connectivity index (χ4n) is 2.30. The quantitative estimate of drug-likeness (QED) is 0.791. The lowest BCUT2D eigenvalue weighted by atomic mass is 9.82. The molecule has 0 spiro atoms. The van der Waals surface area contributed by atoms with Crippen molar-refractivity contribution in [1.29, 1.82) is 0 Å². The van der Waals surface area contributed by atoms with Gasteiger partial charge in [0.2, 0.25) is 0 Å². The average Bonchev–Trinajstić information content (AvgIpc) is 2.60. The lowest BCUT2D eigenvalue weighted by molar-refractivity contribution is -0.127. The van der Waals surface area contributed by atoms with E-state index in [9.17, 15) is 15.0 Å². The average molecular weight is 302 g/mol. The van der Waals surface area contributed by atoms with Crippen LogP contribution in [0.3, 0.4) is 0 Å². The van der Waals surface area contributed by atoms with Crippen molar-refractivity contribution in [3.8, 4) is 11.5 Å². The lowest BCUT2D eigenvalue weighted by Crippen LogP contribution is -2.41. The molecule has 0 amide bonds. The van der Waals surface area contributed by atoms with E-state index in [2.05, 4.69) is 0 Å². The van der Waals surface area contributed by atoms with Gasteiger partial charge in [-0.25, -0.2) is 0 Å². The number of rotatable bonds is 6. The zero-order valence-corrected chi connectivity index (χ0v) is 12.4. The van der Waals surface area contributed by atoms with Gasteiger partial charge in [-0.15, -0.1) is 0 Å². The summed E-state index contributed by atoms with van der Waals surface area (Å²) >= 11 is 0. The molecule has 0 radical (unpaired) electrons. The highest BCUT2D eigenvalue weighted by Crippen LogP contribution is 2.34. The minimum atomic E-state index is -1.85. The molecule has 0 fully saturated rings. The number of carbonyl (C=O) groups excluding carboxylic acids is 1. The van der Waals surface area contributed by atoms with Gasteiger partial charge in [0.15, 0.2) is 6.29 Å². The molecule has 1 unspecified atom stereocenters. The van der Waals surface area contributed by atoms with Crippen LogP contribution in [0.5, 0.6) is 11.5 Å². The molecule has 2 aromatic rings. The molecule has 2 N–H and O–H groups in total. The molecule has 0 aliphatic rings. The van der Waals surface area contributed by atoms with Crippen LogP contribution < -0.4 is 9.47 Å². The van der Waals surface area contributed by atoms with Crippen molar-refractivity contribution in [2.45, 2.75) is 11.7 Å². The zero-order valence-electron chi connectivity index (χ0n) is 12.4. The number of aldehydes is 1. The Labute approximate surface area is 128 Å².